The number of hydrogen-bond acceptors (Lipinski definition) is 2. The predicted molar refractivity (Wildman–Crippen MR) is 84.3 cm³/mol. The quantitative estimate of drug-likeness (QED) is 0.728. The lowest BCUT2D eigenvalue weighted by Gasteiger charge is -2.17. The van der Waals surface area contributed by atoms with E-state index in [1.165, 1.54) is 0 Å². The van der Waals surface area contributed by atoms with Gasteiger partial charge in [-0.25, -0.2) is 0 Å². The molecule has 1 amide bonds. The van der Waals surface area contributed by atoms with Gasteiger partial charge >= 0.3 is 0 Å². The average Bonchev–Trinajstić information content (AvgIpc) is 2.77. The van der Waals surface area contributed by atoms with E-state index in [1.807, 2.05) is 11.4 Å². The van der Waals surface area contributed by atoms with E-state index < -0.39 is 0 Å². The van der Waals surface area contributed by atoms with Crippen LogP contribution in [0.15, 0.2) is 33.4 Å². The SMILES string of the molecule is CN(Cc1csc(Br)c1)C(=O)c1cc(Cl)ccc1Cl. The van der Waals surface area contributed by atoms with Gasteiger partial charge in [-0.3, -0.25) is 4.79 Å². The van der Waals surface area contributed by atoms with Crippen molar-refractivity contribution in [3.05, 3.63) is 54.6 Å². The number of hydrogen-bond donors (Lipinski definition) is 0. The number of halogens is 3. The first-order chi connectivity index (χ1) is 8.97. The van der Waals surface area contributed by atoms with Crippen molar-refractivity contribution in [2.75, 3.05) is 7.05 Å². The molecule has 0 atom stereocenters. The van der Waals surface area contributed by atoms with E-state index in [4.69, 9.17) is 23.2 Å². The summed E-state index contributed by atoms with van der Waals surface area (Å²) in [6, 6.07) is 6.88. The van der Waals surface area contributed by atoms with Gasteiger partial charge < -0.3 is 4.90 Å². The van der Waals surface area contributed by atoms with Gasteiger partial charge in [-0.15, -0.1) is 11.3 Å². The Balaban J connectivity index is 2.16. The van der Waals surface area contributed by atoms with Gasteiger partial charge in [0.1, 0.15) is 0 Å². The van der Waals surface area contributed by atoms with E-state index in [2.05, 4.69) is 15.9 Å². The average molecular weight is 379 g/mol. The van der Waals surface area contributed by atoms with Crippen LogP contribution in [-0.4, -0.2) is 17.9 Å². The zero-order chi connectivity index (χ0) is 14.0. The third-order valence-corrected chi connectivity index (χ3v) is 4.66. The van der Waals surface area contributed by atoms with E-state index in [9.17, 15) is 4.79 Å². The second-order valence-electron chi connectivity index (χ2n) is 4.04. The monoisotopic (exact) mass is 377 g/mol. The van der Waals surface area contributed by atoms with Crippen LogP contribution in [0.3, 0.4) is 0 Å². The molecule has 0 N–H and O–H groups in total. The topological polar surface area (TPSA) is 20.3 Å². The van der Waals surface area contributed by atoms with Crippen molar-refractivity contribution >= 4 is 56.4 Å². The maximum Gasteiger partial charge on any atom is 0.255 e. The van der Waals surface area contributed by atoms with Crippen LogP contribution in [-0.2, 0) is 6.54 Å². The number of rotatable bonds is 3. The third-order valence-electron chi connectivity index (χ3n) is 2.55. The summed E-state index contributed by atoms with van der Waals surface area (Å²) in [6.45, 7) is 0.532. The molecule has 0 saturated heterocycles. The summed E-state index contributed by atoms with van der Waals surface area (Å²) in [5.74, 6) is -0.144. The fraction of sp³-hybridized carbons (Fsp3) is 0.154. The number of nitrogens with zero attached hydrogens (tertiary/aromatic N) is 1. The number of thiophene rings is 1. The Morgan fingerprint density at radius 3 is 2.74 bits per heavy atom. The molecule has 0 spiro atoms. The summed E-state index contributed by atoms with van der Waals surface area (Å²) in [7, 11) is 1.74. The Morgan fingerprint density at radius 2 is 2.11 bits per heavy atom. The first-order valence-corrected chi connectivity index (χ1v) is 7.83. The molecule has 2 rings (SSSR count). The summed E-state index contributed by atoms with van der Waals surface area (Å²) in [6.07, 6.45) is 0. The predicted octanol–water partition coefficient (Wildman–Crippen LogP) is 5.09. The van der Waals surface area contributed by atoms with Gasteiger partial charge in [0.25, 0.3) is 5.91 Å². The highest BCUT2D eigenvalue weighted by Gasteiger charge is 2.16. The van der Waals surface area contributed by atoms with Gasteiger partial charge in [0.05, 0.1) is 14.4 Å². The highest BCUT2D eigenvalue weighted by molar-refractivity contribution is 9.11. The van der Waals surface area contributed by atoms with Crippen LogP contribution in [0.5, 0.6) is 0 Å². The lowest BCUT2D eigenvalue weighted by Crippen LogP contribution is -2.26. The lowest BCUT2D eigenvalue weighted by molar-refractivity contribution is 0.0785. The van der Waals surface area contributed by atoms with Gasteiger partial charge in [0, 0.05) is 18.6 Å². The van der Waals surface area contributed by atoms with Crippen molar-refractivity contribution in [3.63, 3.8) is 0 Å². The molecule has 19 heavy (non-hydrogen) atoms. The van der Waals surface area contributed by atoms with Crippen molar-refractivity contribution in [1.82, 2.24) is 4.90 Å². The van der Waals surface area contributed by atoms with Gasteiger partial charge in [0.2, 0.25) is 0 Å². The second-order valence-corrected chi connectivity index (χ2v) is 7.18. The molecule has 2 nitrogen and oxygen atoms in total. The fourth-order valence-electron chi connectivity index (χ4n) is 1.64. The minimum absolute atomic E-state index is 0.144. The summed E-state index contributed by atoms with van der Waals surface area (Å²) >= 11 is 16.9. The van der Waals surface area contributed by atoms with Crippen LogP contribution in [0.2, 0.25) is 10.0 Å². The van der Waals surface area contributed by atoms with E-state index in [0.717, 1.165) is 9.35 Å². The molecule has 1 heterocycles. The Kier molecular flexibility index (Phi) is 4.90. The molecule has 0 unspecified atom stereocenters. The van der Waals surface area contributed by atoms with E-state index >= 15 is 0 Å². The number of benzene rings is 1. The first-order valence-electron chi connectivity index (χ1n) is 5.41. The van der Waals surface area contributed by atoms with Crippen molar-refractivity contribution in [2.45, 2.75) is 6.54 Å². The number of carbonyl (C=O) groups excluding carboxylic acids is 1. The molecule has 1 aromatic carbocycles. The Morgan fingerprint density at radius 1 is 1.37 bits per heavy atom. The van der Waals surface area contributed by atoms with E-state index in [0.29, 0.717) is 22.2 Å². The molecule has 0 fully saturated rings. The van der Waals surface area contributed by atoms with E-state index in [-0.39, 0.29) is 5.91 Å². The van der Waals surface area contributed by atoms with Crippen LogP contribution in [0.4, 0.5) is 0 Å². The molecule has 0 aliphatic heterocycles. The standard InChI is InChI=1S/C13H10BrCl2NOS/c1-17(6-8-4-12(14)19-7-8)13(18)10-5-9(15)2-3-11(10)16/h2-5,7H,6H2,1H3. The van der Waals surface area contributed by atoms with Crippen molar-refractivity contribution in [1.29, 1.82) is 0 Å². The third kappa shape index (κ3) is 3.72. The Labute approximate surface area is 134 Å². The van der Waals surface area contributed by atoms with Crippen molar-refractivity contribution < 1.29 is 4.79 Å². The Hall–Kier alpha value is -0.550. The smallest absolute Gasteiger partial charge is 0.255 e. The molecule has 2 aromatic rings. The van der Waals surface area contributed by atoms with Crippen LogP contribution < -0.4 is 0 Å². The zero-order valence-electron chi connectivity index (χ0n) is 9.99. The summed E-state index contributed by atoms with van der Waals surface area (Å²) in [5.41, 5.74) is 1.50. The molecule has 6 heteroatoms. The van der Waals surface area contributed by atoms with Gasteiger partial charge in [-0.2, -0.15) is 0 Å². The molecule has 0 radical (unpaired) electrons. The molecule has 0 aliphatic rings. The van der Waals surface area contributed by atoms with Crippen molar-refractivity contribution in [3.8, 4) is 0 Å². The van der Waals surface area contributed by atoms with E-state index in [1.54, 1.807) is 41.5 Å². The van der Waals surface area contributed by atoms with Gasteiger partial charge in [-0.05, 0) is 51.1 Å². The van der Waals surface area contributed by atoms with Crippen LogP contribution in [0.25, 0.3) is 0 Å². The fourth-order valence-corrected chi connectivity index (χ4v) is 3.21. The lowest BCUT2D eigenvalue weighted by atomic mass is 10.2. The summed E-state index contributed by atoms with van der Waals surface area (Å²) in [5, 5.41) is 2.92. The van der Waals surface area contributed by atoms with Crippen LogP contribution in [0, 0.1) is 0 Å². The number of carbonyl (C=O) groups is 1. The number of amides is 1. The maximum absolute atomic E-state index is 12.3. The second kappa shape index (κ2) is 6.27. The highest BCUT2D eigenvalue weighted by Crippen LogP contribution is 2.24. The van der Waals surface area contributed by atoms with Crippen molar-refractivity contribution in [2.24, 2.45) is 0 Å². The molecule has 0 saturated carbocycles. The molecule has 0 bridgehead atoms. The Bertz CT molecular complexity index is 614. The first kappa shape index (κ1) is 14.9. The van der Waals surface area contributed by atoms with Gasteiger partial charge in [0.15, 0.2) is 0 Å². The summed E-state index contributed by atoms with van der Waals surface area (Å²) in [4.78, 5) is 13.9. The molecule has 100 valence electrons. The molecular formula is C13H10BrCl2NOS. The van der Waals surface area contributed by atoms with Crippen LogP contribution in [0.1, 0.15) is 15.9 Å². The molecule has 1 aromatic heterocycles. The van der Waals surface area contributed by atoms with Crippen LogP contribution >= 0.6 is 50.5 Å². The normalized spacial score (nSPS) is 10.5. The zero-order valence-corrected chi connectivity index (χ0v) is 13.9. The van der Waals surface area contributed by atoms with Gasteiger partial charge in [-0.1, -0.05) is 23.2 Å². The summed E-state index contributed by atoms with van der Waals surface area (Å²) < 4.78 is 1.05. The highest BCUT2D eigenvalue weighted by atomic mass is 79.9. The molecule has 0 aliphatic carbocycles. The minimum Gasteiger partial charge on any atom is -0.337 e. The molecular weight excluding hydrogens is 369 g/mol. The minimum atomic E-state index is -0.144. The largest absolute Gasteiger partial charge is 0.337 e. The maximum atomic E-state index is 12.3.